The first-order chi connectivity index (χ1) is 16.1. The second-order valence-electron chi connectivity index (χ2n) is 7.20. The van der Waals surface area contributed by atoms with Crippen LogP contribution in [0.25, 0.3) is 22.4 Å². The zero-order valence-corrected chi connectivity index (χ0v) is 20.3. The van der Waals surface area contributed by atoms with E-state index in [1.54, 1.807) is 7.05 Å². The predicted molar refractivity (Wildman–Crippen MR) is 141 cm³/mol. The SMILES string of the molecule is CN=C(NCc1cnc(-c2ccc(Cl)cc2)c(-c2ccc(Cl)cc2)c1)NSc1ccccc1. The van der Waals surface area contributed by atoms with Crippen LogP contribution in [0.4, 0.5) is 0 Å². The van der Waals surface area contributed by atoms with Gasteiger partial charge in [-0.25, -0.2) is 0 Å². The average Bonchev–Trinajstić information content (AvgIpc) is 2.86. The van der Waals surface area contributed by atoms with Crippen LogP contribution in [-0.2, 0) is 6.54 Å². The van der Waals surface area contributed by atoms with Crippen molar-refractivity contribution in [1.82, 2.24) is 15.0 Å². The lowest BCUT2D eigenvalue weighted by Gasteiger charge is -2.14. The molecule has 0 aliphatic heterocycles. The summed E-state index contributed by atoms with van der Waals surface area (Å²) in [4.78, 5) is 10.2. The highest BCUT2D eigenvalue weighted by atomic mass is 35.5. The molecule has 3 aromatic carbocycles. The van der Waals surface area contributed by atoms with Gasteiger partial charge in [0.25, 0.3) is 0 Å². The highest BCUT2D eigenvalue weighted by molar-refractivity contribution is 7.98. The predicted octanol–water partition coefficient (Wildman–Crippen LogP) is 7.09. The number of aromatic nitrogens is 1. The van der Waals surface area contributed by atoms with Gasteiger partial charge in [0, 0.05) is 45.9 Å². The number of rotatable bonds is 6. The summed E-state index contributed by atoms with van der Waals surface area (Å²) < 4.78 is 3.26. The van der Waals surface area contributed by atoms with E-state index in [9.17, 15) is 0 Å². The Morgan fingerprint density at radius 3 is 2.15 bits per heavy atom. The average molecular weight is 493 g/mol. The van der Waals surface area contributed by atoms with Gasteiger partial charge in [0.15, 0.2) is 0 Å². The van der Waals surface area contributed by atoms with Gasteiger partial charge in [-0.15, -0.1) is 0 Å². The number of pyridine rings is 1. The van der Waals surface area contributed by atoms with Gasteiger partial charge < -0.3 is 5.32 Å². The molecular weight excluding hydrogens is 471 g/mol. The molecule has 4 nitrogen and oxygen atoms in total. The van der Waals surface area contributed by atoms with Crippen molar-refractivity contribution in [3.63, 3.8) is 0 Å². The topological polar surface area (TPSA) is 49.3 Å². The molecule has 0 aliphatic rings. The van der Waals surface area contributed by atoms with Crippen LogP contribution in [0.2, 0.25) is 10.0 Å². The zero-order chi connectivity index (χ0) is 23.0. The third-order valence-corrected chi connectivity index (χ3v) is 6.22. The fourth-order valence-corrected chi connectivity index (χ4v) is 4.16. The smallest absolute Gasteiger partial charge is 0.201 e. The highest BCUT2D eigenvalue weighted by Gasteiger charge is 2.11. The van der Waals surface area contributed by atoms with E-state index in [1.807, 2.05) is 85.1 Å². The van der Waals surface area contributed by atoms with Crippen molar-refractivity contribution in [1.29, 1.82) is 0 Å². The second kappa shape index (κ2) is 11.2. The van der Waals surface area contributed by atoms with Crippen LogP contribution in [0, 0.1) is 0 Å². The number of nitrogens with zero attached hydrogens (tertiary/aromatic N) is 2. The fourth-order valence-electron chi connectivity index (χ4n) is 3.23. The summed E-state index contributed by atoms with van der Waals surface area (Å²) in [6, 6.07) is 27.7. The van der Waals surface area contributed by atoms with Crippen molar-refractivity contribution in [2.45, 2.75) is 11.4 Å². The molecule has 0 unspecified atom stereocenters. The number of nitrogens with one attached hydrogen (secondary N) is 2. The normalized spacial score (nSPS) is 11.3. The van der Waals surface area contributed by atoms with Gasteiger partial charge in [0.1, 0.15) is 0 Å². The Morgan fingerprint density at radius 2 is 1.52 bits per heavy atom. The van der Waals surface area contributed by atoms with E-state index in [4.69, 9.17) is 28.2 Å². The Hall–Kier alpha value is -2.99. The molecule has 0 atom stereocenters. The monoisotopic (exact) mass is 492 g/mol. The maximum absolute atomic E-state index is 6.12. The summed E-state index contributed by atoms with van der Waals surface area (Å²) >= 11 is 13.7. The van der Waals surface area contributed by atoms with Gasteiger partial charge in [0.2, 0.25) is 5.96 Å². The van der Waals surface area contributed by atoms with Crippen LogP contribution in [0.1, 0.15) is 5.56 Å². The van der Waals surface area contributed by atoms with Crippen molar-refractivity contribution in [3.05, 3.63) is 107 Å². The molecular formula is C26H22Cl2N4S. The van der Waals surface area contributed by atoms with Crippen molar-refractivity contribution in [2.24, 2.45) is 4.99 Å². The number of benzene rings is 3. The van der Waals surface area contributed by atoms with Gasteiger partial charge in [0.05, 0.1) is 5.69 Å². The molecule has 0 spiro atoms. The van der Waals surface area contributed by atoms with E-state index in [0.29, 0.717) is 22.5 Å². The maximum atomic E-state index is 6.12. The lowest BCUT2D eigenvalue weighted by molar-refractivity contribution is 0.885. The Balaban J connectivity index is 1.55. The Labute approximate surface area is 208 Å². The van der Waals surface area contributed by atoms with E-state index in [0.717, 1.165) is 32.8 Å². The summed E-state index contributed by atoms with van der Waals surface area (Å²) in [6.45, 7) is 0.573. The van der Waals surface area contributed by atoms with E-state index >= 15 is 0 Å². The molecule has 0 bridgehead atoms. The number of guanidine groups is 1. The van der Waals surface area contributed by atoms with Gasteiger partial charge >= 0.3 is 0 Å². The molecule has 0 amide bonds. The first-order valence-corrected chi connectivity index (χ1v) is 11.9. The molecule has 1 aromatic heterocycles. The maximum Gasteiger partial charge on any atom is 0.201 e. The molecule has 1 heterocycles. The lowest BCUT2D eigenvalue weighted by atomic mass is 9.98. The van der Waals surface area contributed by atoms with Crippen LogP contribution in [0.3, 0.4) is 0 Å². The van der Waals surface area contributed by atoms with Crippen LogP contribution < -0.4 is 10.0 Å². The lowest BCUT2D eigenvalue weighted by Crippen LogP contribution is -2.32. The van der Waals surface area contributed by atoms with Crippen LogP contribution in [0.5, 0.6) is 0 Å². The molecule has 4 rings (SSSR count). The standard InChI is InChI=1S/C26H22Cl2N4S/c1-29-26(32-33-23-5-3-2-4-6-23)31-17-18-15-24(19-7-11-21(27)12-8-19)25(30-16-18)20-9-13-22(28)14-10-20/h2-16H,17H2,1H3,(H2,29,31,32). The number of hydrogen-bond acceptors (Lipinski definition) is 3. The van der Waals surface area contributed by atoms with E-state index in [-0.39, 0.29) is 0 Å². The summed E-state index contributed by atoms with van der Waals surface area (Å²) in [5.41, 5.74) is 4.99. The molecule has 2 N–H and O–H groups in total. The zero-order valence-electron chi connectivity index (χ0n) is 17.9. The second-order valence-corrected chi connectivity index (χ2v) is 8.95. The molecule has 7 heteroatoms. The van der Waals surface area contributed by atoms with Crippen LogP contribution >= 0.6 is 35.1 Å². The molecule has 33 heavy (non-hydrogen) atoms. The number of hydrogen-bond donors (Lipinski definition) is 2. The minimum atomic E-state index is 0.573. The van der Waals surface area contributed by atoms with Gasteiger partial charge in [-0.1, -0.05) is 65.7 Å². The summed E-state index contributed by atoms with van der Waals surface area (Å²) in [7, 11) is 1.75. The third kappa shape index (κ3) is 6.29. The molecule has 0 radical (unpaired) electrons. The summed E-state index contributed by atoms with van der Waals surface area (Å²) in [6.07, 6.45) is 1.88. The first kappa shape index (κ1) is 23.2. The Bertz CT molecular complexity index is 1230. The fraction of sp³-hybridized carbons (Fsp3) is 0.0769. The molecule has 0 aliphatic carbocycles. The Kier molecular flexibility index (Phi) is 7.89. The van der Waals surface area contributed by atoms with E-state index in [2.05, 4.69) is 21.1 Å². The van der Waals surface area contributed by atoms with Gasteiger partial charge in [-0.2, -0.15) is 0 Å². The van der Waals surface area contributed by atoms with Gasteiger partial charge in [-0.05, 0) is 65.5 Å². The number of halogens is 2. The van der Waals surface area contributed by atoms with E-state index in [1.165, 1.54) is 11.9 Å². The van der Waals surface area contributed by atoms with Crippen molar-refractivity contribution < 1.29 is 0 Å². The number of aliphatic imine (C=N–C) groups is 1. The molecule has 166 valence electrons. The van der Waals surface area contributed by atoms with E-state index < -0.39 is 0 Å². The Morgan fingerprint density at radius 1 is 0.879 bits per heavy atom. The van der Waals surface area contributed by atoms with Crippen LogP contribution in [-0.4, -0.2) is 18.0 Å². The van der Waals surface area contributed by atoms with Crippen molar-refractivity contribution >= 4 is 41.1 Å². The molecule has 0 saturated heterocycles. The van der Waals surface area contributed by atoms with Crippen molar-refractivity contribution in [2.75, 3.05) is 7.05 Å². The quantitative estimate of drug-likeness (QED) is 0.171. The van der Waals surface area contributed by atoms with Crippen molar-refractivity contribution in [3.8, 4) is 22.4 Å². The molecule has 0 fully saturated rings. The molecule has 0 saturated carbocycles. The third-order valence-electron chi connectivity index (χ3n) is 4.91. The summed E-state index contributed by atoms with van der Waals surface area (Å²) in [5, 5.41) is 4.74. The highest BCUT2D eigenvalue weighted by Crippen LogP contribution is 2.32. The molecule has 4 aromatic rings. The minimum absolute atomic E-state index is 0.573. The minimum Gasteiger partial charge on any atom is -0.352 e. The largest absolute Gasteiger partial charge is 0.352 e. The first-order valence-electron chi connectivity index (χ1n) is 10.3. The van der Waals surface area contributed by atoms with Crippen LogP contribution in [0.15, 0.2) is 101 Å². The summed E-state index contributed by atoms with van der Waals surface area (Å²) in [5.74, 6) is 0.693. The van der Waals surface area contributed by atoms with Gasteiger partial charge in [-0.3, -0.25) is 14.7 Å².